The van der Waals surface area contributed by atoms with Gasteiger partial charge in [-0.1, -0.05) is 17.4 Å². The number of nitrogens with zero attached hydrogens (tertiary/aromatic N) is 4. The van der Waals surface area contributed by atoms with Crippen LogP contribution in [0.1, 0.15) is 10.4 Å². The number of primary amides is 1. The maximum atomic E-state index is 13.3. The number of anilines is 2. The molecular weight excluding hydrogens is 444 g/mol. The molecule has 3 heterocycles. The van der Waals surface area contributed by atoms with Crippen molar-refractivity contribution in [3.63, 3.8) is 0 Å². The summed E-state index contributed by atoms with van der Waals surface area (Å²) in [6.07, 6.45) is 1.58. The van der Waals surface area contributed by atoms with Crippen molar-refractivity contribution >= 4 is 44.4 Å². The number of carbonyl (C=O) groups is 2. The number of carbonyl (C=O) groups excluding carboxylic acids is 2. The van der Waals surface area contributed by atoms with Gasteiger partial charge in [0, 0.05) is 17.3 Å². The van der Waals surface area contributed by atoms with Gasteiger partial charge >= 0.3 is 0 Å². The van der Waals surface area contributed by atoms with Crippen LogP contribution in [0.2, 0.25) is 0 Å². The molecule has 0 saturated carbocycles. The van der Waals surface area contributed by atoms with E-state index in [0.29, 0.717) is 46.6 Å². The fraction of sp³-hybridized carbons (Fsp3) is 0.136. The second-order valence-corrected chi connectivity index (χ2v) is 8.20. The molecule has 0 aliphatic carbocycles. The van der Waals surface area contributed by atoms with E-state index < -0.39 is 11.8 Å². The van der Waals surface area contributed by atoms with Crippen LogP contribution in [-0.2, 0) is 4.79 Å². The number of hydrogen-bond donors (Lipinski definition) is 2. The average molecular weight is 462 g/mol. The summed E-state index contributed by atoms with van der Waals surface area (Å²) in [5.74, 6) is 0.141. The van der Waals surface area contributed by atoms with E-state index in [4.69, 9.17) is 20.9 Å². The molecule has 5 rings (SSSR count). The lowest BCUT2D eigenvalue weighted by atomic mass is 10.1. The van der Waals surface area contributed by atoms with Gasteiger partial charge in [0.1, 0.15) is 19.8 Å². The molecule has 0 spiro atoms. The monoisotopic (exact) mass is 462 g/mol. The van der Waals surface area contributed by atoms with Crippen LogP contribution in [0.25, 0.3) is 21.5 Å². The fourth-order valence-corrected chi connectivity index (χ4v) is 4.44. The first-order chi connectivity index (χ1) is 16.0. The Bertz CT molecular complexity index is 1390. The Kier molecular flexibility index (Phi) is 5.23. The minimum atomic E-state index is -0.655. The molecule has 11 heteroatoms. The number of fused-ring (bicyclic) bond motifs is 2. The van der Waals surface area contributed by atoms with E-state index in [1.807, 2.05) is 18.2 Å². The van der Waals surface area contributed by atoms with E-state index in [1.165, 1.54) is 16.2 Å². The molecule has 0 saturated heterocycles. The van der Waals surface area contributed by atoms with Crippen molar-refractivity contribution in [1.82, 2.24) is 15.0 Å². The van der Waals surface area contributed by atoms with Gasteiger partial charge in [-0.05, 0) is 36.4 Å². The summed E-state index contributed by atoms with van der Waals surface area (Å²) in [5, 5.41) is 0.350. The summed E-state index contributed by atoms with van der Waals surface area (Å²) in [5.41, 5.74) is 13.6. The van der Waals surface area contributed by atoms with Gasteiger partial charge < -0.3 is 20.9 Å². The minimum absolute atomic E-state index is 0.176. The normalized spacial score (nSPS) is 12.5. The highest BCUT2D eigenvalue weighted by Crippen LogP contribution is 2.34. The lowest BCUT2D eigenvalue weighted by Gasteiger charge is -2.21. The first kappa shape index (κ1) is 20.6. The van der Waals surface area contributed by atoms with Gasteiger partial charge in [-0.3, -0.25) is 14.5 Å². The first-order valence-corrected chi connectivity index (χ1v) is 10.8. The third kappa shape index (κ3) is 4.13. The molecule has 2 aromatic heterocycles. The summed E-state index contributed by atoms with van der Waals surface area (Å²) < 4.78 is 11.9. The molecule has 4 aromatic rings. The van der Waals surface area contributed by atoms with Gasteiger partial charge in [0.05, 0.1) is 15.9 Å². The largest absolute Gasteiger partial charge is 0.486 e. The fourth-order valence-electron chi connectivity index (χ4n) is 3.44. The lowest BCUT2D eigenvalue weighted by Crippen LogP contribution is -2.38. The van der Waals surface area contributed by atoms with Gasteiger partial charge in [0.25, 0.3) is 5.91 Å². The Hall–Kier alpha value is -4.25. The van der Waals surface area contributed by atoms with E-state index in [1.54, 1.807) is 30.5 Å². The number of nitrogen functional groups attached to an aromatic ring is 1. The average Bonchev–Trinajstić information content (AvgIpc) is 3.25. The molecule has 0 bridgehead atoms. The molecule has 0 radical (unpaired) electrons. The van der Waals surface area contributed by atoms with Crippen LogP contribution in [-0.4, -0.2) is 46.5 Å². The summed E-state index contributed by atoms with van der Waals surface area (Å²) in [7, 11) is 0. The molecule has 1 aliphatic heterocycles. The van der Waals surface area contributed by atoms with Gasteiger partial charge in [0.2, 0.25) is 11.9 Å². The maximum absolute atomic E-state index is 13.3. The van der Waals surface area contributed by atoms with Crippen molar-refractivity contribution in [1.29, 1.82) is 0 Å². The molecule has 0 fully saturated rings. The first-order valence-electron chi connectivity index (χ1n) is 9.97. The van der Waals surface area contributed by atoms with E-state index in [2.05, 4.69) is 15.0 Å². The predicted molar refractivity (Wildman–Crippen MR) is 123 cm³/mol. The zero-order valence-electron chi connectivity index (χ0n) is 17.2. The Labute approximate surface area is 191 Å². The molecule has 4 N–H and O–H groups in total. The van der Waals surface area contributed by atoms with Crippen LogP contribution >= 0.6 is 11.3 Å². The number of hydrogen-bond acceptors (Lipinski definition) is 9. The summed E-state index contributed by atoms with van der Waals surface area (Å²) in [4.78, 5) is 39.1. The van der Waals surface area contributed by atoms with Crippen molar-refractivity contribution in [2.24, 2.45) is 5.73 Å². The van der Waals surface area contributed by atoms with Gasteiger partial charge in [-0.2, -0.15) is 0 Å². The van der Waals surface area contributed by atoms with E-state index in [-0.39, 0.29) is 12.5 Å². The molecule has 0 unspecified atom stereocenters. The van der Waals surface area contributed by atoms with Gasteiger partial charge in [-0.15, -0.1) is 0 Å². The third-order valence-electron chi connectivity index (χ3n) is 4.93. The van der Waals surface area contributed by atoms with Crippen molar-refractivity contribution < 1.29 is 19.1 Å². The topological polar surface area (TPSA) is 147 Å². The number of nitrogens with two attached hydrogens (primary N) is 2. The second kappa shape index (κ2) is 8.36. The Morgan fingerprint density at radius 1 is 1.03 bits per heavy atom. The highest BCUT2D eigenvalue weighted by atomic mass is 32.1. The van der Waals surface area contributed by atoms with Crippen LogP contribution in [0.4, 0.5) is 11.1 Å². The SMILES string of the molecule is NC(=O)CN(C(=O)c1ccc2c(c1)OCCO2)c1nc2ccc(-c3ccnc(N)n3)cc2s1. The number of amides is 2. The van der Waals surface area contributed by atoms with Crippen LogP contribution in [0, 0.1) is 0 Å². The van der Waals surface area contributed by atoms with Gasteiger partial charge in [-0.25, -0.2) is 15.0 Å². The standard InChI is InChI=1S/C22H18N6O4S/c23-19(29)11-28(20(30)13-2-4-16-17(9-13)32-8-7-31-16)22-27-15-3-1-12(10-18(15)33-22)14-5-6-25-21(24)26-14/h1-6,9-10H,7-8,11H2,(H2,23,29)(H2,24,25,26). The Morgan fingerprint density at radius 2 is 1.85 bits per heavy atom. The third-order valence-corrected chi connectivity index (χ3v) is 5.97. The second-order valence-electron chi connectivity index (χ2n) is 7.20. The maximum Gasteiger partial charge on any atom is 0.260 e. The molecule has 166 valence electrons. The van der Waals surface area contributed by atoms with Crippen LogP contribution < -0.4 is 25.8 Å². The molecule has 0 atom stereocenters. The van der Waals surface area contributed by atoms with Crippen LogP contribution in [0.5, 0.6) is 11.5 Å². The molecular formula is C22H18N6O4S. The number of rotatable bonds is 5. The quantitative estimate of drug-likeness (QED) is 0.459. The minimum Gasteiger partial charge on any atom is -0.486 e. The Morgan fingerprint density at radius 3 is 2.64 bits per heavy atom. The molecule has 2 amide bonds. The molecule has 10 nitrogen and oxygen atoms in total. The smallest absolute Gasteiger partial charge is 0.260 e. The number of thiazole rings is 1. The zero-order valence-corrected chi connectivity index (χ0v) is 18.0. The Balaban J connectivity index is 1.51. The van der Waals surface area contributed by atoms with Crippen LogP contribution in [0.15, 0.2) is 48.7 Å². The lowest BCUT2D eigenvalue weighted by molar-refractivity contribution is -0.116. The van der Waals surface area contributed by atoms with Crippen molar-refractivity contribution in [2.75, 3.05) is 30.4 Å². The highest BCUT2D eigenvalue weighted by molar-refractivity contribution is 7.22. The summed E-state index contributed by atoms with van der Waals surface area (Å²) in [6.45, 7) is 0.527. The number of aromatic nitrogens is 3. The molecule has 1 aliphatic rings. The van der Waals surface area contributed by atoms with Crippen LogP contribution in [0.3, 0.4) is 0 Å². The summed E-state index contributed by atoms with van der Waals surface area (Å²) >= 11 is 1.27. The van der Waals surface area contributed by atoms with Crippen molar-refractivity contribution in [2.45, 2.75) is 0 Å². The van der Waals surface area contributed by atoms with Crippen molar-refractivity contribution in [3.8, 4) is 22.8 Å². The van der Waals surface area contributed by atoms with Gasteiger partial charge in [0.15, 0.2) is 16.6 Å². The van der Waals surface area contributed by atoms with E-state index >= 15 is 0 Å². The zero-order chi connectivity index (χ0) is 22.9. The highest BCUT2D eigenvalue weighted by Gasteiger charge is 2.25. The predicted octanol–water partition coefficient (Wildman–Crippen LogP) is 2.24. The summed E-state index contributed by atoms with van der Waals surface area (Å²) in [6, 6.07) is 12.2. The van der Waals surface area contributed by atoms with Crippen molar-refractivity contribution in [3.05, 3.63) is 54.2 Å². The molecule has 2 aromatic carbocycles. The number of ether oxygens (including phenoxy) is 2. The van der Waals surface area contributed by atoms with E-state index in [0.717, 1.165) is 10.3 Å². The van der Waals surface area contributed by atoms with E-state index in [9.17, 15) is 9.59 Å². The number of benzene rings is 2. The molecule has 33 heavy (non-hydrogen) atoms.